The standard InChI is InChI=1S/C13H23N3S/c1-11-16-12(8-17-11)4-7-15-10-13(2)5-3-6-14-9-13/h8,14-15H,3-7,9-10H2,1-2H3. The number of piperidine rings is 1. The lowest BCUT2D eigenvalue weighted by Gasteiger charge is -2.34. The summed E-state index contributed by atoms with van der Waals surface area (Å²) < 4.78 is 0. The lowest BCUT2D eigenvalue weighted by Crippen LogP contribution is -2.44. The van der Waals surface area contributed by atoms with Gasteiger partial charge in [0.25, 0.3) is 0 Å². The summed E-state index contributed by atoms with van der Waals surface area (Å²) in [5, 5.41) is 10.4. The number of hydrogen-bond acceptors (Lipinski definition) is 4. The highest BCUT2D eigenvalue weighted by atomic mass is 32.1. The van der Waals surface area contributed by atoms with Crippen LogP contribution in [-0.2, 0) is 6.42 Å². The fourth-order valence-electron chi connectivity index (χ4n) is 2.40. The summed E-state index contributed by atoms with van der Waals surface area (Å²) in [5.74, 6) is 0. The fourth-order valence-corrected chi connectivity index (χ4v) is 3.05. The third-order valence-corrected chi connectivity index (χ3v) is 4.28. The Morgan fingerprint density at radius 2 is 2.47 bits per heavy atom. The minimum absolute atomic E-state index is 0.441. The molecular weight excluding hydrogens is 230 g/mol. The number of nitrogens with one attached hydrogen (secondary N) is 2. The van der Waals surface area contributed by atoms with Crippen molar-refractivity contribution in [1.82, 2.24) is 15.6 Å². The van der Waals surface area contributed by atoms with Crippen LogP contribution in [0.25, 0.3) is 0 Å². The minimum atomic E-state index is 0.441. The molecule has 1 atom stereocenters. The molecule has 4 heteroatoms. The van der Waals surface area contributed by atoms with Crippen LogP contribution in [0.3, 0.4) is 0 Å². The van der Waals surface area contributed by atoms with E-state index in [1.165, 1.54) is 30.1 Å². The van der Waals surface area contributed by atoms with Crippen LogP contribution >= 0.6 is 11.3 Å². The predicted octanol–water partition coefficient (Wildman–Crippen LogP) is 1.97. The fraction of sp³-hybridized carbons (Fsp3) is 0.769. The van der Waals surface area contributed by atoms with E-state index in [0.717, 1.165) is 26.1 Å². The molecular formula is C13H23N3S. The van der Waals surface area contributed by atoms with Crippen molar-refractivity contribution >= 4 is 11.3 Å². The van der Waals surface area contributed by atoms with E-state index in [0.29, 0.717) is 5.41 Å². The molecule has 17 heavy (non-hydrogen) atoms. The second-order valence-corrected chi connectivity index (χ2v) is 6.44. The second kappa shape index (κ2) is 5.94. The molecule has 1 saturated heterocycles. The molecule has 0 amide bonds. The Morgan fingerprint density at radius 3 is 3.12 bits per heavy atom. The topological polar surface area (TPSA) is 37.0 Å². The average Bonchev–Trinajstić information content (AvgIpc) is 2.72. The van der Waals surface area contributed by atoms with Gasteiger partial charge in [-0.1, -0.05) is 6.92 Å². The normalized spacial score (nSPS) is 25.1. The highest BCUT2D eigenvalue weighted by Crippen LogP contribution is 2.24. The first-order chi connectivity index (χ1) is 8.18. The largest absolute Gasteiger partial charge is 0.316 e. The van der Waals surface area contributed by atoms with Gasteiger partial charge in [-0.3, -0.25) is 0 Å². The first kappa shape index (κ1) is 13.0. The van der Waals surface area contributed by atoms with Crippen LogP contribution in [0.4, 0.5) is 0 Å². The van der Waals surface area contributed by atoms with E-state index >= 15 is 0 Å². The Hall–Kier alpha value is -0.450. The highest BCUT2D eigenvalue weighted by Gasteiger charge is 2.25. The van der Waals surface area contributed by atoms with Gasteiger partial charge in [-0.15, -0.1) is 11.3 Å². The zero-order valence-corrected chi connectivity index (χ0v) is 11.7. The summed E-state index contributed by atoms with van der Waals surface area (Å²) in [6.07, 6.45) is 3.69. The van der Waals surface area contributed by atoms with Gasteiger partial charge in [0.05, 0.1) is 10.7 Å². The zero-order valence-electron chi connectivity index (χ0n) is 10.9. The molecule has 0 radical (unpaired) electrons. The molecule has 1 aliphatic heterocycles. The van der Waals surface area contributed by atoms with Crippen molar-refractivity contribution < 1.29 is 0 Å². The van der Waals surface area contributed by atoms with Crippen molar-refractivity contribution in [3.8, 4) is 0 Å². The van der Waals surface area contributed by atoms with E-state index in [1.54, 1.807) is 11.3 Å². The maximum atomic E-state index is 4.48. The molecule has 0 aliphatic carbocycles. The Morgan fingerprint density at radius 1 is 1.59 bits per heavy atom. The summed E-state index contributed by atoms with van der Waals surface area (Å²) in [6, 6.07) is 0. The first-order valence-electron chi connectivity index (χ1n) is 6.50. The van der Waals surface area contributed by atoms with Crippen LogP contribution < -0.4 is 10.6 Å². The van der Waals surface area contributed by atoms with Crippen LogP contribution in [0, 0.1) is 12.3 Å². The zero-order chi connectivity index (χ0) is 12.1. The molecule has 2 N–H and O–H groups in total. The summed E-state index contributed by atoms with van der Waals surface area (Å²) in [7, 11) is 0. The second-order valence-electron chi connectivity index (χ2n) is 5.38. The maximum Gasteiger partial charge on any atom is 0.0897 e. The number of nitrogens with zero attached hydrogens (tertiary/aromatic N) is 1. The first-order valence-corrected chi connectivity index (χ1v) is 7.38. The van der Waals surface area contributed by atoms with Gasteiger partial charge >= 0.3 is 0 Å². The Balaban J connectivity index is 1.65. The highest BCUT2D eigenvalue weighted by molar-refractivity contribution is 7.09. The molecule has 1 aliphatic rings. The monoisotopic (exact) mass is 253 g/mol. The van der Waals surface area contributed by atoms with Gasteiger partial charge < -0.3 is 10.6 Å². The molecule has 0 spiro atoms. The molecule has 96 valence electrons. The van der Waals surface area contributed by atoms with Crippen LogP contribution in [-0.4, -0.2) is 31.2 Å². The number of thiazole rings is 1. The molecule has 1 unspecified atom stereocenters. The average molecular weight is 253 g/mol. The smallest absolute Gasteiger partial charge is 0.0897 e. The quantitative estimate of drug-likeness (QED) is 0.788. The predicted molar refractivity (Wildman–Crippen MR) is 73.6 cm³/mol. The van der Waals surface area contributed by atoms with Crippen LogP contribution in [0.1, 0.15) is 30.5 Å². The van der Waals surface area contributed by atoms with E-state index in [-0.39, 0.29) is 0 Å². The summed E-state index contributed by atoms with van der Waals surface area (Å²) in [4.78, 5) is 4.48. The molecule has 0 bridgehead atoms. The van der Waals surface area contributed by atoms with Crippen LogP contribution in [0.2, 0.25) is 0 Å². The Kier molecular flexibility index (Phi) is 4.54. The van der Waals surface area contributed by atoms with Crippen molar-refractivity contribution in [1.29, 1.82) is 0 Å². The Bertz CT molecular complexity index is 342. The molecule has 0 saturated carbocycles. The lowest BCUT2D eigenvalue weighted by atomic mass is 9.83. The van der Waals surface area contributed by atoms with Crippen molar-refractivity contribution in [2.45, 2.75) is 33.1 Å². The van der Waals surface area contributed by atoms with Crippen molar-refractivity contribution in [3.05, 3.63) is 16.1 Å². The van der Waals surface area contributed by atoms with E-state index in [1.807, 2.05) is 0 Å². The van der Waals surface area contributed by atoms with Crippen LogP contribution in [0.15, 0.2) is 5.38 Å². The minimum Gasteiger partial charge on any atom is -0.316 e. The van der Waals surface area contributed by atoms with Gasteiger partial charge in [-0.2, -0.15) is 0 Å². The number of aryl methyl sites for hydroxylation is 1. The molecule has 1 aromatic rings. The molecule has 1 fully saturated rings. The van der Waals surface area contributed by atoms with Crippen LogP contribution in [0.5, 0.6) is 0 Å². The molecule has 3 nitrogen and oxygen atoms in total. The number of hydrogen-bond donors (Lipinski definition) is 2. The van der Waals surface area contributed by atoms with Gasteiger partial charge in [0.2, 0.25) is 0 Å². The molecule has 2 heterocycles. The summed E-state index contributed by atoms with van der Waals surface area (Å²) in [6.45, 7) is 8.93. The number of aromatic nitrogens is 1. The summed E-state index contributed by atoms with van der Waals surface area (Å²) in [5.41, 5.74) is 1.67. The Labute approximate surface area is 108 Å². The number of rotatable bonds is 5. The molecule has 1 aromatic heterocycles. The van der Waals surface area contributed by atoms with Crippen molar-refractivity contribution in [2.24, 2.45) is 5.41 Å². The third-order valence-electron chi connectivity index (χ3n) is 3.46. The lowest BCUT2D eigenvalue weighted by molar-refractivity contribution is 0.227. The van der Waals surface area contributed by atoms with Crippen molar-refractivity contribution in [2.75, 3.05) is 26.2 Å². The van der Waals surface area contributed by atoms with Gasteiger partial charge in [0, 0.05) is 31.4 Å². The van der Waals surface area contributed by atoms with Gasteiger partial charge in [0.15, 0.2) is 0 Å². The molecule has 2 rings (SSSR count). The third kappa shape index (κ3) is 4.05. The van der Waals surface area contributed by atoms with Gasteiger partial charge in [-0.25, -0.2) is 4.98 Å². The van der Waals surface area contributed by atoms with E-state index in [4.69, 9.17) is 0 Å². The van der Waals surface area contributed by atoms with E-state index < -0.39 is 0 Å². The SMILES string of the molecule is Cc1nc(CCNCC2(C)CCCNC2)cs1. The summed E-state index contributed by atoms with van der Waals surface area (Å²) >= 11 is 1.74. The van der Waals surface area contributed by atoms with E-state index in [9.17, 15) is 0 Å². The van der Waals surface area contributed by atoms with Gasteiger partial charge in [0.1, 0.15) is 0 Å². The van der Waals surface area contributed by atoms with Crippen molar-refractivity contribution in [3.63, 3.8) is 0 Å². The molecule has 0 aromatic carbocycles. The van der Waals surface area contributed by atoms with Gasteiger partial charge in [-0.05, 0) is 31.7 Å². The van der Waals surface area contributed by atoms with E-state index in [2.05, 4.69) is 34.8 Å². The maximum absolute atomic E-state index is 4.48.